The number of piperidine rings is 1. The molecule has 3 heterocycles. The first-order valence-electron chi connectivity index (χ1n) is 9.78. The number of nitrogens with zero attached hydrogens (tertiary/aromatic N) is 3. The third kappa shape index (κ3) is 4.16. The number of anilines is 1. The molecule has 1 fully saturated rings. The van der Waals surface area contributed by atoms with E-state index in [1.807, 2.05) is 32.0 Å². The number of rotatable bonds is 2. The van der Waals surface area contributed by atoms with Crippen molar-refractivity contribution in [1.82, 2.24) is 9.88 Å². The van der Waals surface area contributed by atoms with Crippen molar-refractivity contribution in [3.63, 3.8) is 0 Å². The molecule has 1 aromatic carbocycles. The van der Waals surface area contributed by atoms with E-state index in [1.165, 1.54) is 17.8 Å². The van der Waals surface area contributed by atoms with Crippen molar-refractivity contribution in [2.45, 2.75) is 39.7 Å². The van der Waals surface area contributed by atoms with E-state index in [0.29, 0.717) is 23.8 Å². The molecule has 2 aliphatic heterocycles. The number of halogens is 1. The molecular weight excluding hydrogens is 406 g/mol. The fourth-order valence-electron chi connectivity index (χ4n) is 3.87. The highest BCUT2D eigenvalue weighted by molar-refractivity contribution is 6.30. The van der Waals surface area contributed by atoms with Gasteiger partial charge >= 0.3 is 6.09 Å². The number of carbonyl (C=O) groups excluding carboxylic acids is 3. The summed E-state index contributed by atoms with van der Waals surface area (Å²) in [4.78, 5) is 44.2. The van der Waals surface area contributed by atoms with Crippen molar-refractivity contribution >= 4 is 35.2 Å². The van der Waals surface area contributed by atoms with Crippen molar-refractivity contribution in [1.29, 1.82) is 0 Å². The predicted molar refractivity (Wildman–Crippen MR) is 111 cm³/mol. The van der Waals surface area contributed by atoms with E-state index in [1.54, 1.807) is 11.0 Å². The summed E-state index contributed by atoms with van der Waals surface area (Å²) >= 11 is 6.05. The number of pyridine rings is 1. The minimum absolute atomic E-state index is 0.109. The molecule has 8 heteroatoms. The lowest BCUT2D eigenvalue weighted by Gasteiger charge is -2.34. The summed E-state index contributed by atoms with van der Waals surface area (Å²) in [6, 6.07) is 8.73. The van der Waals surface area contributed by atoms with Gasteiger partial charge in [0.2, 0.25) is 17.7 Å². The normalized spacial score (nSPS) is 18.2. The predicted octanol–water partition coefficient (Wildman–Crippen LogP) is 3.97. The Morgan fingerprint density at radius 2 is 1.83 bits per heavy atom. The van der Waals surface area contributed by atoms with E-state index in [9.17, 15) is 14.4 Å². The second-order valence-corrected chi connectivity index (χ2v) is 8.88. The van der Waals surface area contributed by atoms with Gasteiger partial charge in [-0.1, -0.05) is 31.5 Å². The van der Waals surface area contributed by atoms with Gasteiger partial charge in [-0.2, -0.15) is 0 Å². The number of fused-ring (bicyclic) bond motifs is 1. The molecule has 0 radical (unpaired) electrons. The number of ether oxygens (including phenoxy) is 1. The van der Waals surface area contributed by atoms with Crippen LogP contribution in [0.5, 0.6) is 5.88 Å². The Labute approximate surface area is 179 Å². The topological polar surface area (TPSA) is 79.8 Å². The average molecular weight is 428 g/mol. The molecular formula is C22H22ClN3O4. The Kier molecular flexibility index (Phi) is 5.24. The third-order valence-electron chi connectivity index (χ3n) is 5.37. The second kappa shape index (κ2) is 7.72. The largest absolute Gasteiger partial charge is 0.416 e. The van der Waals surface area contributed by atoms with Gasteiger partial charge in [0.25, 0.3) is 0 Å². The zero-order valence-corrected chi connectivity index (χ0v) is 17.6. The van der Waals surface area contributed by atoms with E-state index in [-0.39, 0.29) is 36.0 Å². The highest BCUT2D eigenvalue weighted by Crippen LogP contribution is 2.34. The summed E-state index contributed by atoms with van der Waals surface area (Å²) in [5.41, 5.74) is 2.20. The van der Waals surface area contributed by atoms with E-state index in [0.717, 1.165) is 16.9 Å². The Morgan fingerprint density at radius 3 is 2.50 bits per heavy atom. The van der Waals surface area contributed by atoms with Gasteiger partial charge in [-0.3, -0.25) is 9.59 Å². The summed E-state index contributed by atoms with van der Waals surface area (Å²) < 4.78 is 5.38. The summed E-state index contributed by atoms with van der Waals surface area (Å²) in [5.74, 6) is -0.403. The molecule has 3 amide bonds. The van der Waals surface area contributed by atoms with Crippen LogP contribution in [0.25, 0.3) is 0 Å². The summed E-state index contributed by atoms with van der Waals surface area (Å²) in [6.45, 7) is 4.75. The fraction of sp³-hybridized carbons (Fsp3) is 0.364. The van der Waals surface area contributed by atoms with Gasteiger partial charge in [0.05, 0.1) is 11.9 Å². The molecule has 30 heavy (non-hydrogen) atoms. The molecule has 1 saturated heterocycles. The van der Waals surface area contributed by atoms with Crippen molar-refractivity contribution in [2.75, 3.05) is 11.4 Å². The van der Waals surface area contributed by atoms with Crippen LogP contribution in [0.15, 0.2) is 36.5 Å². The Balaban J connectivity index is 1.42. The van der Waals surface area contributed by atoms with E-state index < -0.39 is 6.09 Å². The lowest BCUT2D eigenvalue weighted by atomic mass is 9.81. The van der Waals surface area contributed by atoms with E-state index >= 15 is 0 Å². The Hall–Kier alpha value is -2.93. The minimum Gasteiger partial charge on any atom is -0.391 e. The van der Waals surface area contributed by atoms with Gasteiger partial charge < -0.3 is 9.64 Å². The van der Waals surface area contributed by atoms with E-state index in [4.69, 9.17) is 16.3 Å². The van der Waals surface area contributed by atoms with Crippen LogP contribution in [0.1, 0.15) is 37.8 Å². The number of hydrogen-bond donors (Lipinski definition) is 0. The molecule has 0 aliphatic carbocycles. The molecule has 0 N–H and O–H groups in total. The van der Waals surface area contributed by atoms with Crippen molar-refractivity contribution in [2.24, 2.45) is 5.41 Å². The Bertz CT molecular complexity index is 1000. The fourth-order valence-corrected chi connectivity index (χ4v) is 4.06. The molecule has 2 aromatic rings. The summed E-state index contributed by atoms with van der Waals surface area (Å²) in [5, 5.41) is 0.631. The first-order chi connectivity index (χ1) is 14.2. The van der Waals surface area contributed by atoms with Crippen LogP contribution in [-0.4, -0.2) is 34.3 Å². The maximum absolute atomic E-state index is 12.5. The summed E-state index contributed by atoms with van der Waals surface area (Å²) in [6.07, 6.45) is 2.17. The molecule has 0 saturated carbocycles. The quantitative estimate of drug-likeness (QED) is 0.677. The SMILES string of the molecule is CC1(C)CC(=O)N(c2ccc(OC(=O)N3CCc4ccc(Cl)cc4C3)nc2)C(=O)C1. The Morgan fingerprint density at radius 1 is 1.10 bits per heavy atom. The molecule has 0 atom stereocenters. The van der Waals surface area contributed by atoms with Crippen LogP contribution in [-0.2, 0) is 22.6 Å². The summed E-state index contributed by atoms with van der Waals surface area (Å²) in [7, 11) is 0. The molecule has 156 valence electrons. The number of amides is 3. The third-order valence-corrected chi connectivity index (χ3v) is 5.60. The molecule has 7 nitrogen and oxygen atoms in total. The number of benzene rings is 1. The van der Waals surface area contributed by atoms with Crippen LogP contribution >= 0.6 is 11.6 Å². The number of imide groups is 1. The molecule has 0 bridgehead atoms. The van der Waals surface area contributed by atoms with Gasteiger partial charge in [-0.25, -0.2) is 14.7 Å². The maximum atomic E-state index is 12.5. The lowest BCUT2D eigenvalue weighted by molar-refractivity contribution is -0.132. The van der Waals surface area contributed by atoms with Crippen LogP contribution in [0.4, 0.5) is 10.5 Å². The highest BCUT2D eigenvalue weighted by atomic mass is 35.5. The minimum atomic E-state index is -0.507. The zero-order chi connectivity index (χ0) is 21.5. The van der Waals surface area contributed by atoms with Gasteiger partial charge in [0.15, 0.2) is 0 Å². The smallest absolute Gasteiger partial charge is 0.391 e. The number of carbonyl (C=O) groups is 3. The van der Waals surface area contributed by atoms with Crippen molar-refractivity contribution in [3.8, 4) is 5.88 Å². The van der Waals surface area contributed by atoms with Crippen LogP contribution in [0, 0.1) is 5.41 Å². The number of hydrogen-bond acceptors (Lipinski definition) is 5. The van der Waals surface area contributed by atoms with Gasteiger partial charge in [-0.15, -0.1) is 0 Å². The first-order valence-corrected chi connectivity index (χ1v) is 10.2. The zero-order valence-electron chi connectivity index (χ0n) is 16.9. The second-order valence-electron chi connectivity index (χ2n) is 8.45. The maximum Gasteiger partial charge on any atom is 0.416 e. The van der Waals surface area contributed by atoms with Crippen molar-refractivity contribution < 1.29 is 19.1 Å². The van der Waals surface area contributed by atoms with Gasteiger partial charge in [0, 0.05) is 37.0 Å². The van der Waals surface area contributed by atoms with Crippen LogP contribution < -0.4 is 9.64 Å². The lowest BCUT2D eigenvalue weighted by Crippen LogP contribution is -2.46. The highest BCUT2D eigenvalue weighted by Gasteiger charge is 2.38. The monoisotopic (exact) mass is 427 g/mol. The van der Waals surface area contributed by atoms with Crippen LogP contribution in [0.3, 0.4) is 0 Å². The van der Waals surface area contributed by atoms with Gasteiger partial charge in [-0.05, 0) is 41.2 Å². The first kappa shape index (κ1) is 20.3. The standard InChI is InChI=1S/C22H22ClN3O4/c1-22(2)10-19(27)26(20(28)11-22)17-5-6-18(24-12-17)30-21(29)25-8-7-14-3-4-16(23)9-15(14)13-25/h3-6,9,12H,7-8,10-11,13H2,1-2H3. The van der Waals surface area contributed by atoms with Gasteiger partial charge in [0.1, 0.15) is 0 Å². The molecule has 1 aromatic heterocycles. The average Bonchev–Trinajstić information content (AvgIpc) is 2.67. The van der Waals surface area contributed by atoms with Crippen LogP contribution in [0.2, 0.25) is 5.02 Å². The van der Waals surface area contributed by atoms with Crippen molar-refractivity contribution in [3.05, 3.63) is 52.7 Å². The molecule has 4 rings (SSSR count). The van der Waals surface area contributed by atoms with E-state index in [2.05, 4.69) is 4.98 Å². The molecule has 0 unspecified atom stereocenters. The number of aromatic nitrogens is 1. The molecule has 0 spiro atoms. The molecule has 2 aliphatic rings.